The number of hydrogen-bond acceptors (Lipinski definition) is 3. The van der Waals surface area contributed by atoms with Gasteiger partial charge in [0.15, 0.2) is 0 Å². The molecule has 3 nitrogen and oxygen atoms in total. The Bertz CT molecular complexity index is 744. The number of aliphatic hydroxyl groups excluding tert-OH is 2. The molecule has 0 heterocycles. The fourth-order valence-electron chi connectivity index (χ4n) is 6.88. The average Bonchev–Trinajstić information content (AvgIpc) is 3.06. The molecule has 3 aliphatic rings. The van der Waals surface area contributed by atoms with Gasteiger partial charge in [-0.25, -0.2) is 0 Å². The van der Waals surface area contributed by atoms with Crippen molar-refractivity contribution in [1.82, 2.24) is 0 Å². The van der Waals surface area contributed by atoms with Crippen LogP contribution in [0, 0.1) is 34.5 Å². The SMILES string of the molecule is C=C1CC[C@H](O)C/C1=C/C(O)C1(O)CCC[C@]2(C)[C@@H]([C@H](C)/C=C/[C@H](C)C(C)(C)C)CC[C@@H]12. The first kappa shape index (κ1) is 25.7. The lowest BCUT2D eigenvalue weighted by molar-refractivity contribution is -0.155. The standard InChI is InChI=1S/C29H48O3/c1-19-10-12-23(30)17-22(19)18-26(31)29(32)16-8-15-28(7)24(13-14-25(28)29)20(2)9-11-21(3)27(4,5)6/h9,11,18,20-21,23-26,30-32H,1,8,10,12-17H2,2-7H3/b11-9+,22-18-/t20-,21+,23+,24-,25-,26?,28-,29?/m1/s1. The largest absolute Gasteiger partial charge is 0.393 e. The highest BCUT2D eigenvalue weighted by Crippen LogP contribution is 2.61. The van der Waals surface area contributed by atoms with Gasteiger partial charge in [0, 0.05) is 0 Å². The van der Waals surface area contributed by atoms with Crippen LogP contribution in [0.15, 0.2) is 36.0 Å². The van der Waals surface area contributed by atoms with Crippen molar-refractivity contribution in [1.29, 1.82) is 0 Å². The molecule has 2 unspecified atom stereocenters. The molecule has 3 fully saturated rings. The fraction of sp³-hybridized carbons (Fsp3) is 0.793. The molecule has 32 heavy (non-hydrogen) atoms. The summed E-state index contributed by atoms with van der Waals surface area (Å²) < 4.78 is 0. The highest BCUT2D eigenvalue weighted by atomic mass is 16.3. The Morgan fingerprint density at radius 3 is 2.44 bits per heavy atom. The number of fused-ring (bicyclic) bond motifs is 1. The summed E-state index contributed by atoms with van der Waals surface area (Å²) >= 11 is 0. The third-order valence-corrected chi connectivity index (χ3v) is 9.57. The lowest BCUT2D eigenvalue weighted by Gasteiger charge is -2.52. The summed E-state index contributed by atoms with van der Waals surface area (Å²) in [5.74, 6) is 1.60. The molecular formula is C29H48O3. The Morgan fingerprint density at radius 1 is 1.09 bits per heavy atom. The molecule has 0 radical (unpaired) electrons. The Kier molecular flexibility index (Phi) is 7.55. The summed E-state index contributed by atoms with van der Waals surface area (Å²) in [7, 11) is 0. The van der Waals surface area contributed by atoms with Crippen molar-refractivity contribution in [3.63, 3.8) is 0 Å². The Labute approximate surface area is 196 Å². The first-order valence-corrected chi connectivity index (χ1v) is 12.9. The van der Waals surface area contributed by atoms with E-state index in [1.165, 1.54) is 0 Å². The summed E-state index contributed by atoms with van der Waals surface area (Å²) in [6.07, 6.45) is 12.1. The van der Waals surface area contributed by atoms with Crippen molar-refractivity contribution in [3.05, 3.63) is 36.0 Å². The first-order valence-electron chi connectivity index (χ1n) is 12.9. The molecular weight excluding hydrogens is 396 g/mol. The van der Waals surface area contributed by atoms with Crippen LogP contribution in [-0.4, -0.2) is 33.1 Å². The van der Waals surface area contributed by atoms with Gasteiger partial charge in [-0.3, -0.25) is 0 Å². The molecule has 8 atom stereocenters. The zero-order valence-corrected chi connectivity index (χ0v) is 21.4. The van der Waals surface area contributed by atoms with Crippen LogP contribution in [-0.2, 0) is 0 Å². The van der Waals surface area contributed by atoms with Gasteiger partial charge in [-0.2, -0.15) is 0 Å². The predicted octanol–water partition coefficient (Wildman–Crippen LogP) is 6.20. The monoisotopic (exact) mass is 444 g/mol. The molecule has 3 saturated carbocycles. The van der Waals surface area contributed by atoms with Gasteiger partial charge < -0.3 is 15.3 Å². The van der Waals surface area contributed by atoms with Gasteiger partial charge in [-0.05, 0) is 97.5 Å². The first-order chi connectivity index (χ1) is 14.8. The molecule has 3 heteroatoms. The van der Waals surface area contributed by atoms with Gasteiger partial charge in [-0.1, -0.05) is 65.8 Å². The quantitative estimate of drug-likeness (QED) is 0.443. The predicted molar refractivity (Wildman–Crippen MR) is 133 cm³/mol. The highest BCUT2D eigenvalue weighted by Gasteiger charge is 2.59. The van der Waals surface area contributed by atoms with E-state index in [2.05, 4.69) is 60.3 Å². The zero-order chi connectivity index (χ0) is 23.9. The maximum absolute atomic E-state index is 11.9. The van der Waals surface area contributed by atoms with E-state index in [1.807, 2.05) is 6.08 Å². The lowest BCUT2D eigenvalue weighted by Crippen LogP contribution is -2.56. The summed E-state index contributed by atoms with van der Waals surface area (Å²) in [6.45, 7) is 18.0. The summed E-state index contributed by atoms with van der Waals surface area (Å²) in [5, 5.41) is 33.2. The van der Waals surface area contributed by atoms with Gasteiger partial charge in [0.1, 0.15) is 6.10 Å². The van der Waals surface area contributed by atoms with E-state index in [-0.39, 0.29) is 22.9 Å². The topological polar surface area (TPSA) is 60.7 Å². The second-order valence-corrected chi connectivity index (χ2v) is 12.6. The van der Waals surface area contributed by atoms with E-state index in [4.69, 9.17) is 0 Å². The van der Waals surface area contributed by atoms with Crippen molar-refractivity contribution in [2.45, 2.75) is 111 Å². The van der Waals surface area contributed by atoms with Crippen LogP contribution in [0.3, 0.4) is 0 Å². The van der Waals surface area contributed by atoms with Crippen LogP contribution in [0.25, 0.3) is 0 Å². The fourth-order valence-corrected chi connectivity index (χ4v) is 6.88. The molecule has 0 saturated heterocycles. The third-order valence-electron chi connectivity index (χ3n) is 9.57. The van der Waals surface area contributed by atoms with Crippen molar-refractivity contribution in [3.8, 4) is 0 Å². The minimum Gasteiger partial charge on any atom is -0.393 e. The van der Waals surface area contributed by atoms with E-state index in [0.717, 1.165) is 49.7 Å². The average molecular weight is 445 g/mol. The summed E-state index contributed by atoms with van der Waals surface area (Å²) in [4.78, 5) is 0. The molecule has 3 rings (SSSR count). The van der Waals surface area contributed by atoms with Crippen LogP contribution in [0.1, 0.15) is 92.9 Å². The van der Waals surface area contributed by atoms with Gasteiger partial charge >= 0.3 is 0 Å². The molecule has 0 amide bonds. The van der Waals surface area contributed by atoms with Crippen molar-refractivity contribution < 1.29 is 15.3 Å². The van der Waals surface area contributed by atoms with Gasteiger partial charge in [0.2, 0.25) is 0 Å². The molecule has 0 bridgehead atoms. The Morgan fingerprint density at radius 2 is 1.78 bits per heavy atom. The van der Waals surface area contributed by atoms with Gasteiger partial charge in [0.05, 0.1) is 11.7 Å². The Balaban J connectivity index is 1.80. The lowest BCUT2D eigenvalue weighted by atomic mass is 9.56. The minimum absolute atomic E-state index is 0.0320. The van der Waals surface area contributed by atoms with E-state index in [9.17, 15) is 15.3 Å². The zero-order valence-electron chi connectivity index (χ0n) is 21.4. The molecule has 0 spiro atoms. The molecule has 3 N–H and O–H groups in total. The van der Waals surface area contributed by atoms with Gasteiger partial charge in [-0.15, -0.1) is 0 Å². The molecule has 0 aromatic carbocycles. The molecule has 3 aliphatic carbocycles. The Hall–Kier alpha value is -0.900. The molecule has 0 aliphatic heterocycles. The number of allylic oxidation sites excluding steroid dienone is 3. The molecule has 182 valence electrons. The molecule has 0 aromatic rings. The number of aliphatic hydroxyl groups is 3. The van der Waals surface area contributed by atoms with Crippen LogP contribution in [0.5, 0.6) is 0 Å². The van der Waals surface area contributed by atoms with Gasteiger partial charge in [0.25, 0.3) is 0 Å². The minimum atomic E-state index is -1.10. The van der Waals surface area contributed by atoms with Crippen LogP contribution >= 0.6 is 0 Å². The van der Waals surface area contributed by atoms with Crippen LogP contribution < -0.4 is 0 Å². The highest BCUT2D eigenvalue weighted by molar-refractivity contribution is 5.33. The van der Waals surface area contributed by atoms with E-state index >= 15 is 0 Å². The second-order valence-electron chi connectivity index (χ2n) is 12.6. The normalized spacial score (nSPS) is 40.5. The van der Waals surface area contributed by atoms with E-state index in [1.54, 1.807) is 0 Å². The maximum Gasteiger partial charge on any atom is 0.102 e. The number of hydrogen-bond donors (Lipinski definition) is 3. The third kappa shape index (κ3) is 4.95. The molecule has 0 aromatic heterocycles. The van der Waals surface area contributed by atoms with Crippen molar-refractivity contribution >= 4 is 0 Å². The number of rotatable bonds is 5. The summed E-state index contributed by atoms with van der Waals surface area (Å²) in [5.41, 5.74) is 1.12. The van der Waals surface area contributed by atoms with Crippen LogP contribution in [0.2, 0.25) is 0 Å². The smallest absolute Gasteiger partial charge is 0.102 e. The van der Waals surface area contributed by atoms with E-state index in [0.29, 0.717) is 30.6 Å². The van der Waals surface area contributed by atoms with Crippen molar-refractivity contribution in [2.24, 2.45) is 34.5 Å². The van der Waals surface area contributed by atoms with E-state index < -0.39 is 11.7 Å². The second kappa shape index (κ2) is 9.39. The van der Waals surface area contributed by atoms with Crippen molar-refractivity contribution in [2.75, 3.05) is 0 Å². The van der Waals surface area contributed by atoms with Crippen LogP contribution in [0.4, 0.5) is 0 Å². The maximum atomic E-state index is 11.9. The summed E-state index contributed by atoms with van der Waals surface area (Å²) in [6, 6.07) is 0.